The molecule has 39 heavy (non-hydrogen) atoms. The number of benzene rings is 2. The van der Waals surface area contributed by atoms with Gasteiger partial charge in [0.25, 0.3) is 0 Å². The topological polar surface area (TPSA) is 142 Å². The van der Waals surface area contributed by atoms with Gasteiger partial charge in [-0.15, -0.1) is 0 Å². The first-order valence-corrected chi connectivity index (χ1v) is 14.3. The number of phosphoric acid groups is 1. The average Bonchev–Trinajstić information content (AvgIpc) is 3.29. The van der Waals surface area contributed by atoms with Gasteiger partial charge >= 0.3 is 7.82 Å². The number of carbonyl (C=O) groups excluding carboxylic acids is 1. The zero-order valence-corrected chi connectivity index (χ0v) is 23.1. The normalized spacial score (nSPS) is 26.2. The zero-order valence-electron chi connectivity index (χ0n) is 22.2. The Morgan fingerprint density at radius 2 is 1.64 bits per heavy atom. The summed E-state index contributed by atoms with van der Waals surface area (Å²) in [5, 5.41) is 18.8. The Kier molecular flexibility index (Phi) is 6.73. The molecule has 0 aliphatic carbocycles. The number of nitrogens with zero attached hydrogens (tertiary/aromatic N) is 3. The van der Waals surface area contributed by atoms with Crippen molar-refractivity contribution < 1.29 is 32.8 Å². The van der Waals surface area contributed by atoms with Crippen LogP contribution in [0.15, 0.2) is 36.4 Å². The molecule has 3 aliphatic rings. The van der Waals surface area contributed by atoms with E-state index in [1.807, 2.05) is 0 Å². The Hall–Kier alpha value is -3.40. The summed E-state index contributed by atoms with van der Waals surface area (Å²) in [5.74, 6) is 0.941. The van der Waals surface area contributed by atoms with Crippen LogP contribution in [0.1, 0.15) is 68.8 Å². The largest absolute Gasteiger partial charge is 0.485 e. The first-order chi connectivity index (χ1) is 18.3. The Morgan fingerprint density at radius 1 is 1.00 bits per heavy atom. The van der Waals surface area contributed by atoms with E-state index in [-0.39, 0.29) is 12.3 Å². The molecule has 10 nitrogen and oxygen atoms in total. The molecule has 1 amide bonds. The smallest absolute Gasteiger partial charge is 0.473 e. The highest BCUT2D eigenvalue weighted by atomic mass is 31.2. The summed E-state index contributed by atoms with van der Waals surface area (Å²) >= 11 is 0. The van der Waals surface area contributed by atoms with Gasteiger partial charge in [-0.05, 0) is 76.1 Å². The second-order valence-electron chi connectivity index (χ2n) is 11.1. The number of carbonyl (C=O) groups is 1. The molecule has 1 N–H and O–H groups in total. The van der Waals surface area contributed by atoms with Gasteiger partial charge in [-0.3, -0.25) is 13.8 Å². The predicted molar refractivity (Wildman–Crippen MR) is 139 cm³/mol. The van der Waals surface area contributed by atoms with Crippen LogP contribution in [0.5, 0.6) is 11.5 Å². The lowest BCUT2D eigenvalue weighted by Crippen LogP contribution is -2.55. The maximum Gasteiger partial charge on any atom is 0.473 e. The van der Waals surface area contributed by atoms with Crippen molar-refractivity contribution in [3.8, 4) is 23.6 Å². The summed E-state index contributed by atoms with van der Waals surface area (Å²) in [6.45, 7) is 7.38. The lowest BCUT2D eigenvalue weighted by atomic mass is 9.85. The number of rotatable bonds is 5. The van der Waals surface area contributed by atoms with Gasteiger partial charge in [-0.25, -0.2) is 4.57 Å². The fraction of sp³-hybridized carbons (Fsp3) is 0.464. The Morgan fingerprint density at radius 3 is 2.28 bits per heavy atom. The Labute approximate surface area is 227 Å². The fourth-order valence-electron chi connectivity index (χ4n) is 5.50. The van der Waals surface area contributed by atoms with Gasteiger partial charge in [-0.2, -0.15) is 10.5 Å². The van der Waals surface area contributed by atoms with E-state index in [4.69, 9.17) is 18.5 Å². The van der Waals surface area contributed by atoms with Crippen LogP contribution in [0.25, 0.3) is 0 Å². The molecule has 3 aliphatic heterocycles. The third-order valence-corrected chi connectivity index (χ3v) is 8.51. The average molecular weight is 552 g/mol. The van der Waals surface area contributed by atoms with Gasteiger partial charge in [-0.1, -0.05) is 0 Å². The van der Waals surface area contributed by atoms with Crippen molar-refractivity contribution in [2.75, 3.05) is 6.54 Å². The minimum absolute atomic E-state index is 0.111. The van der Waals surface area contributed by atoms with E-state index in [0.717, 1.165) is 0 Å². The minimum Gasteiger partial charge on any atom is -0.485 e. The van der Waals surface area contributed by atoms with E-state index in [2.05, 4.69) is 12.1 Å². The summed E-state index contributed by atoms with van der Waals surface area (Å²) in [6.07, 6.45) is -0.767. The Balaban J connectivity index is 1.48. The zero-order chi connectivity index (χ0) is 28.2. The number of hydrogen-bond acceptors (Lipinski definition) is 8. The molecule has 0 spiro atoms. The van der Waals surface area contributed by atoms with E-state index in [1.54, 1.807) is 69.0 Å². The third kappa shape index (κ3) is 5.14. The van der Waals surface area contributed by atoms with Crippen LogP contribution in [0.2, 0.25) is 0 Å². The molecular formula is C28H30N3O7P. The van der Waals surface area contributed by atoms with Crippen LogP contribution in [0, 0.1) is 22.7 Å². The fourth-order valence-corrected chi connectivity index (χ4v) is 6.86. The van der Waals surface area contributed by atoms with Crippen LogP contribution >= 0.6 is 7.82 Å². The molecule has 0 radical (unpaired) electrons. The van der Waals surface area contributed by atoms with Gasteiger partial charge in [0.15, 0.2) is 0 Å². The van der Waals surface area contributed by atoms with Gasteiger partial charge in [0.05, 0.1) is 29.3 Å². The highest BCUT2D eigenvalue weighted by Gasteiger charge is 2.53. The Bertz CT molecular complexity index is 1460. The number of ether oxygens (including phenoxy) is 2. The van der Waals surface area contributed by atoms with Gasteiger partial charge in [0.1, 0.15) is 34.9 Å². The number of nitriles is 2. The highest BCUT2D eigenvalue weighted by Crippen LogP contribution is 2.55. The van der Waals surface area contributed by atoms with Crippen molar-refractivity contribution in [1.29, 1.82) is 10.5 Å². The molecule has 204 valence electrons. The molecule has 2 aromatic carbocycles. The predicted octanol–water partition coefficient (Wildman–Crippen LogP) is 4.55. The first-order valence-electron chi connectivity index (χ1n) is 12.8. The minimum atomic E-state index is -4.78. The van der Waals surface area contributed by atoms with Gasteiger partial charge < -0.3 is 19.3 Å². The van der Waals surface area contributed by atoms with Crippen molar-refractivity contribution in [3.63, 3.8) is 0 Å². The number of likely N-dealkylation sites (tertiary alicyclic amines) is 1. The molecule has 0 aromatic heterocycles. The molecule has 1 saturated heterocycles. The highest BCUT2D eigenvalue weighted by molar-refractivity contribution is 7.47. The third-order valence-electron chi connectivity index (χ3n) is 7.50. The lowest BCUT2D eigenvalue weighted by Gasteiger charge is -2.48. The maximum atomic E-state index is 13.6. The van der Waals surface area contributed by atoms with E-state index in [0.29, 0.717) is 53.1 Å². The van der Waals surface area contributed by atoms with Gasteiger partial charge in [0.2, 0.25) is 5.91 Å². The molecule has 1 fully saturated rings. The lowest BCUT2D eigenvalue weighted by molar-refractivity contribution is -0.140. The summed E-state index contributed by atoms with van der Waals surface area (Å²) in [7, 11) is -4.78. The molecular weight excluding hydrogens is 521 g/mol. The first kappa shape index (κ1) is 27.2. The van der Waals surface area contributed by atoms with Crippen LogP contribution in [0.3, 0.4) is 0 Å². The van der Waals surface area contributed by atoms with Crippen molar-refractivity contribution in [1.82, 2.24) is 4.90 Å². The van der Waals surface area contributed by atoms with Crippen LogP contribution in [-0.2, 0) is 24.8 Å². The van der Waals surface area contributed by atoms with E-state index in [1.165, 1.54) is 0 Å². The molecule has 4 atom stereocenters. The molecule has 2 aromatic rings. The molecule has 0 bridgehead atoms. The van der Waals surface area contributed by atoms with Crippen molar-refractivity contribution in [2.45, 2.75) is 76.4 Å². The molecule has 5 rings (SSSR count). The van der Waals surface area contributed by atoms with E-state index >= 15 is 0 Å². The summed E-state index contributed by atoms with van der Waals surface area (Å²) < 4.78 is 37.6. The van der Waals surface area contributed by atoms with Gasteiger partial charge in [0, 0.05) is 24.9 Å². The van der Waals surface area contributed by atoms with Crippen LogP contribution < -0.4 is 9.47 Å². The van der Waals surface area contributed by atoms with Crippen molar-refractivity contribution in [3.05, 3.63) is 58.7 Å². The molecule has 11 heteroatoms. The quantitative estimate of drug-likeness (QED) is 0.530. The number of hydrogen-bond donors (Lipinski definition) is 1. The number of amides is 1. The van der Waals surface area contributed by atoms with Crippen LogP contribution in [0.4, 0.5) is 0 Å². The summed E-state index contributed by atoms with van der Waals surface area (Å²) in [5.41, 5.74) is -0.101. The number of fused-ring (bicyclic) bond motifs is 2. The summed E-state index contributed by atoms with van der Waals surface area (Å²) in [4.78, 5) is 25.6. The van der Waals surface area contributed by atoms with E-state index < -0.39 is 37.3 Å². The monoisotopic (exact) mass is 551 g/mol. The van der Waals surface area contributed by atoms with Crippen LogP contribution in [-0.4, -0.2) is 45.7 Å². The maximum absolute atomic E-state index is 13.6. The molecule has 0 saturated carbocycles. The standard InChI is InChI=1S/C28H30N3O7P/c1-27(2)23(14-19-12-17(15-29)7-9-21(19)35-27)37-39(33,34)38-26-25(31-11-5-6-24(31)32)20-13-18(16-30)8-10-22(20)36-28(26,3)4/h7-10,12-13,23,25-26H,5-6,11,14H2,1-4H3,(H,33,34)/t23-,25-,26-/m0/s1. The second kappa shape index (κ2) is 9.66. The molecule has 1 unspecified atom stereocenters. The van der Waals surface area contributed by atoms with Crippen molar-refractivity contribution in [2.24, 2.45) is 0 Å². The molecule has 3 heterocycles. The van der Waals surface area contributed by atoms with E-state index in [9.17, 15) is 24.8 Å². The number of phosphoric ester groups is 1. The van der Waals surface area contributed by atoms with Crippen molar-refractivity contribution >= 4 is 13.7 Å². The summed E-state index contributed by atoms with van der Waals surface area (Å²) in [6, 6.07) is 13.4. The SMILES string of the molecule is CC1(C)Oc2ccc(C#N)cc2C[C@@H]1OP(=O)(O)O[C@H]1[C@@H](N2CCCC2=O)c2cc(C#N)ccc2OC1(C)C. The second-order valence-corrected chi connectivity index (χ2v) is 12.5.